The molecule has 3 aromatic rings. The van der Waals surface area contributed by atoms with Gasteiger partial charge in [0.15, 0.2) is 5.82 Å². The molecule has 0 saturated heterocycles. The van der Waals surface area contributed by atoms with Crippen LogP contribution in [-0.2, 0) is 6.54 Å². The Labute approximate surface area is 160 Å². The number of hydrogen-bond acceptors (Lipinski definition) is 5. The zero-order valence-corrected chi connectivity index (χ0v) is 15.0. The number of carboxylic acid groups (broad SMARTS) is 1. The maximum absolute atomic E-state index is 12.4. The van der Waals surface area contributed by atoms with Crippen LogP contribution in [0.3, 0.4) is 0 Å². The topological polar surface area (TPSA) is 132 Å². The number of amides is 2. The van der Waals surface area contributed by atoms with Crippen molar-refractivity contribution in [3.8, 4) is 11.4 Å². The van der Waals surface area contributed by atoms with Gasteiger partial charge >= 0.3 is 6.09 Å². The molecule has 0 spiro atoms. The lowest BCUT2D eigenvalue weighted by Crippen LogP contribution is -2.20. The van der Waals surface area contributed by atoms with Crippen LogP contribution in [0, 0.1) is 0 Å². The van der Waals surface area contributed by atoms with Gasteiger partial charge in [0.1, 0.15) is 5.75 Å². The Morgan fingerprint density at radius 1 is 1.21 bits per heavy atom. The summed E-state index contributed by atoms with van der Waals surface area (Å²) in [5.74, 6) is 0.541. The molecule has 0 aliphatic carbocycles. The number of methoxy groups -OCH3 is 1. The molecule has 1 heterocycles. The number of rotatable bonds is 6. The third-order valence-electron chi connectivity index (χ3n) is 3.95. The first-order chi connectivity index (χ1) is 13.5. The second-order valence-corrected chi connectivity index (χ2v) is 5.89. The molecule has 9 heteroatoms. The lowest BCUT2D eigenvalue weighted by molar-refractivity contribution is 0.102. The van der Waals surface area contributed by atoms with E-state index < -0.39 is 6.09 Å². The third-order valence-corrected chi connectivity index (χ3v) is 3.95. The minimum atomic E-state index is -1.11. The highest BCUT2D eigenvalue weighted by Crippen LogP contribution is 2.22. The second-order valence-electron chi connectivity index (χ2n) is 5.89. The fourth-order valence-corrected chi connectivity index (χ4v) is 2.50. The quantitative estimate of drug-likeness (QED) is 0.519. The van der Waals surface area contributed by atoms with Gasteiger partial charge in [-0.3, -0.25) is 4.79 Å². The number of anilines is 2. The Morgan fingerprint density at radius 2 is 1.96 bits per heavy atom. The van der Waals surface area contributed by atoms with Gasteiger partial charge in [-0.25, -0.2) is 9.48 Å². The molecule has 0 fully saturated rings. The maximum Gasteiger partial charge on any atom is 0.404 e. The van der Waals surface area contributed by atoms with Crippen molar-refractivity contribution in [2.24, 2.45) is 0 Å². The SMILES string of the molecule is COc1cccc(-n2cc(N)c(NC(=O)c3ccc(CNC(=O)O)cc3)n2)c1. The van der Waals surface area contributed by atoms with Gasteiger partial charge in [0.2, 0.25) is 0 Å². The summed E-state index contributed by atoms with van der Waals surface area (Å²) in [4.78, 5) is 23.0. The van der Waals surface area contributed by atoms with Gasteiger partial charge in [-0.15, -0.1) is 5.10 Å². The van der Waals surface area contributed by atoms with E-state index in [1.54, 1.807) is 48.3 Å². The summed E-state index contributed by atoms with van der Waals surface area (Å²) in [6.07, 6.45) is 0.495. The van der Waals surface area contributed by atoms with Crippen LogP contribution >= 0.6 is 0 Å². The monoisotopic (exact) mass is 381 g/mol. The van der Waals surface area contributed by atoms with E-state index in [1.807, 2.05) is 18.2 Å². The van der Waals surface area contributed by atoms with Gasteiger partial charge in [-0.05, 0) is 29.8 Å². The Morgan fingerprint density at radius 3 is 2.64 bits per heavy atom. The molecule has 2 amide bonds. The van der Waals surface area contributed by atoms with Crippen molar-refractivity contribution in [3.63, 3.8) is 0 Å². The molecule has 0 unspecified atom stereocenters. The van der Waals surface area contributed by atoms with Crippen LogP contribution in [0.15, 0.2) is 54.7 Å². The van der Waals surface area contributed by atoms with Crippen molar-refractivity contribution >= 4 is 23.5 Å². The Bertz CT molecular complexity index is 998. The van der Waals surface area contributed by atoms with Crippen molar-refractivity contribution in [3.05, 3.63) is 65.9 Å². The Balaban J connectivity index is 1.72. The first-order valence-electron chi connectivity index (χ1n) is 8.33. The van der Waals surface area contributed by atoms with E-state index in [0.29, 0.717) is 17.0 Å². The van der Waals surface area contributed by atoms with Crippen molar-refractivity contribution in [2.45, 2.75) is 6.54 Å². The van der Waals surface area contributed by atoms with E-state index in [2.05, 4.69) is 15.7 Å². The van der Waals surface area contributed by atoms with Gasteiger partial charge in [0, 0.05) is 18.2 Å². The number of carbonyl (C=O) groups is 2. The summed E-state index contributed by atoms with van der Waals surface area (Å²) in [5, 5.41) is 17.9. The lowest BCUT2D eigenvalue weighted by atomic mass is 10.1. The average Bonchev–Trinajstić information content (AvgIpc) is 3.07. The average molecular weight is 381 g/mol. The molecule has 144 valence electrons. The first-order valence-corrected chi connectivity index (χ1v) is 8.33. The first kappa shape index (κ1) is 18.8. The standard InChI is InChI=1S/C19H19N5O4/c1-28-15-4-2-3-14(9-15)24-11-16(20)17(23-24)22-18(25)13-7-5-12(6-8-13)10-21-19(26)27/h2-9,11,21H,10,20H2,1H3,(H,26,27)(H,22,23,25). The van der Waals surface area contributed by atoms with Crippen LogP contribution in [0.2, 0.25) is 0 Å². The van der Waals surface area contributed by atoms with E-state index in [1.165, 1.54) is 0 Å². The van der Waals surface area contributed by atoms with E-state index in [-0.39, 0.29) is 18.3 Å². The highest BCUT2D eigenvalue weighted by atomic mass is 16.5. The minimum Gasteiger partial charge on any atom is -0.497 e. The molecule has 0 bridgehead atoms. The Kier molecular flexibility index (Phi) is 5.45. The summed E-state index contributed by atoms with van der Waals surface area (Å²) >= 11 is 0. The van der Waals surface area contributed by atoms with E-state index in [9.17, 15) is 9.59 Å². The number of hydrogen-bond donors (Lipinski definition) is 4. The number of benzene rings is 2. The summed E-state index contributed by atoms with van der Waals surface area (Å²) < 4.78 is 6.75. The van der Waals surface area contributed by atoms with Crippen molar-refractivity contribution in [1.82, 2.24) is 15.1 Å². The van der Waals surface area contributed by atoms with E-state index in [4.69, 9.17) is 15.6 Å². The van der Waals surface area contributed by atoms with Gasteiger partial charge < -0.3 is 26.2 Å². The van der Waals surface area contributed by atoms with Crippen LogP contribution in [0.25, 0.3) is 5.69 Å². The van der Waals surface area contributed by atoms with Crippen LogP contribution in [-0.4, -0.2) is 34.0 Å². The zero-order chi connectivity index (χ0) is 20.1. The fourth-order valence-electron chi connectivity index (χ4n) is 2.50. The number of nitrogen functional groups attached to an aromatic ring is 1. The number of nitrogens with two attached hydrogens (primary N) is 1. The Hall–Kier alpha value is -4.01. The molecular weight excluding hydrogens is 362 g/mol. The number of carbonyl (C=O) groups excluding carboxylic acids is 1. The largest absolute Gasteiger partial charge is 0.497 e. The van der Waals surface area contributed by atoms with Gasteiger partial charge in [0.05, 0.1) is 24.7 Å². The molecule has 2 aromatic carbocycles. The second kappa shape index (κ2) is 8.12. The highest BCUT2D eigenvalue weighted by molar-refractivity contribution is 6.05. The van der Waals surface area contributed by atoms with Crippen LogP contribution in [0.4, 0.5) is 16.3 Å². The summed E-state index contributed by atoms with van der Waals surface area (Å²) in [7, 11) is 1.57. The molecule has 0 aliphatic rings. The number of ether oxygens (including phenoxy) is 1. The normalized spacial score (nSPS) is 10.3. The van der Waals surface area contributed by atoms with E-state index in [0.717, 1.165) is 11.3 Å². The molecule has 5 N–H and O–H groups in total. The number of aromatic nitrogens is 2. The third kappa shape index (κ3) is 4.39. The summed E-state index contributed by atoms with van der Waals surface area (Å²) in [5.41, 5.74) is 8.16. The predicted molar refractivity (Wildman–Crippen MR) is 104 cm³/mol. The van der Waals surface area contributed by atoms with Crippen LogP contribution in [0.1, 0.15) is 15.9 Å². The molecule has 3 rings (SSSR count). The zero-order valence-electron chi connectivity index (χ0n) is 15.0. The van der Waals surface area contributed by atoms with Crippen LogP contribution < -0.4 is 21.1 Å². The number of nitrogens with zero attached hydrogens (tertiary/aromatic N) is 2. The molecular formula is C19H19N5O4. The highest BCUT2D eigenvalue weighted by Gasteiger charge is 2.13. The predicted octanol–water partition coefficient (Wildman–Crippen LogP) is 2.48. The minimum absolute atomic E-state index is 0.162. The van der Waals surface area contributed by atoms with Gasteiger partial charge in [0.25, 0.3) is 5.91 Å². The van der Waals surface area contributed by atoms with Gasteiger partial charge in [-0.1, -0.05) is 18.2 Å². The molecule has 0 aliphatic heterocycles. The molecule has 9 nitrogen and oxygen atoms in total. The molecule has 0 atom stereocenters. The van der Waals surface area contributed by atoms with Crippen molar-refractivity contribution < 1.29 is 19.4 Å². The van der Waals surface area contributed by atoms with Crippen molar-refractivity contribution in [1.29, 1.82) is 0 Å². The molecule has 0 radical (unpaired) electrons. The molecule has 0 saturated carbocycles. The lowest BCUT2D eigenvalue weighted by Gasteiger charge is -2.06. The fraction of sp³-hybridized carbons (Fsp3) is 0.105. The van der Waals surface area contributed by atoms with E-state index >= 15 is 0 Å². The number of nitrogens with one attached hydrogen (secondary N) is 2. The summed E-state index contributed by atoms with van der Waals surface area (Å²) in [6, 6.07) is 13.8. The van der Waals surface area contributed by atoms with Crippen LogP contribution in [0.5, 0.6) is 5.75 Å². The van der Waals surface area contributed by atoms with Crippen molar-refractivity contribution in [2.75, 3.05) is 18.2 Å². The maximum atomic E-state index is 12.4. The summed E-state index contributed by atoms with van der Waals surface area (Å²) in [6.45, 7) is 0.162. The smallest absolute Gasteiger partial charge is 0.404 e. The van der Waals surface area contributed by atoms with Gasteiger partial charge in [-0.2, -0.15) is 0 Å². The molecule has 28 heavy (non-hydrogen) atoms. The molecule has 1 aromatic heterocycles.